The van der Waals surface area contributed by atoms with Gasteiger partial charge >= 0.3 is 0 Å². The Morgan fingerprint density at radius 3 is 2.62 bits per heavy atom. The molecule has 1 N–H and O–H groups in total. The van der Waals surface area contributed by atoms with E-state index in [0.29, 0.717) is 0 Å². The van der Waals surface area contributed by atoms with Crippen molar-refractivity contribution >= 4 is 5.82 Å². The van der Waals surface area contributed by atoms with Gasteiger partial charge in [-0.15, -0.1) is 0 Å². The number of aromatic nitrogens is 1. The fourth-order valence-electron chi connectivity index (χ4n) is 2.22. The fourth-order valence-corrected chi connectivity index (χ4v) is 2.22. The predicted octanol–water partition coefficient (Wildman–Crippen LogP) is 1.91. The minimum absolute atomic E-state index is 0.118. The largest absolute Gasteiger partial charge is 0.393 e. The van der Waals surface area contributed by atoms with E-state index in [4.69, 9.17) is 0 Å². The summed E-state index contributed by atoms with van der Waals surface area (Å²) < 4.78 is 0. The van der Waals surface area contributed by atoms with Crippen LogP contribution in [0.25, 0.3) is 0 Å². The number of aryl methyl sites for hydroxylation is 2. The molecule has 1 fully saturated rings. The van der Waals surface area contributed by atoms with Gasteiger partial charge in [0, 0.05) is 18.8 Å². The summed E-state index contributed by atoms with van der Waals surface area (Å²) >= 11 is 0. The lowest BCUT2D eigenvalue weighted by Crippen LogP contribution is -2.36. The molecule has 1 aliphatic rings. The molecular formula is C13H20N2O. The molecule has 0 spiro atoms. The molecule has 1 saturated heterocycles. The lowest BCUT2D eigenvalue weighted by Gasteiger charge is -2.30. The third-order valence-electron chi connectivity index (χ3n) is 3.35. The molecule has 0 amide bonds. The summed E-state index contributed by atoms with van der Waals surface area (Å²) in [5.41, 5.74) is 2.45. The first kappa shape index (κ1) is 11.4. The van der Waals surface area contributed by atoms with Crippen LogP contribution in [-0.4, -0.2) is 29.3 Å². The van der Waals surface area contributed by atoms with Gasteiger partial charge in [-0.25, -0.2) is 4.98 Å². The highest BCUT2D eigenvalue weighted by atomic mass is 16.3. The third-order valence-corrected chi connectivity index (χ3v) is 3.35. The Labute approximate surface area is 97.1 Å². The number of pyridine rings is 1. The normalized spacial score (nSPS) is 17.8. The first-order valence-corrected chi connectivity index (χ1v) is 6.10. The van der Waals surface area contributed by atoms with Crippen molar-refractivity contribution in [3.63, 3.8) is 0 Å². The molecule has 1 aliphatic heterocycles. The molecule has 3 heteroatoms. The van der Waals surface area contributed by atoms with E-state index in [-0.39, 0.29) is 6.10 Å². The molecule has 0 saturated carbocycles. The zero-order valence-electron chi connectivity index (χ0n) is 10.1. The molecule has 0 aliphatic carbocycles. The number of piperidine rings is 1. The van der Waals surface area contributed by atoms with E-state index < -0.39 is 0 Å². The average Bonchev–Trinajstić information content (AvgIpc) is 2.30. The Hall–Kier alpha value is -1.09. The lowest BCUT2D eigenvalue weighted by atomic mass is 10.1. The monoisotopic (exact) mass is 220 g/mol. The van der Waals surface area contributed by atoms with Crippen molar-refractivity contribution in [1.29, 1.82) is 0 Å². The Morgan fingerprint density at radius 1 is 1.38 bits per heavy atom. The van der Waals surface area contributed by atoms with Crippen LogP contribution in [-0.2, 0) is 6.42 Å². The maximum absolute atomic E-state index is 9.46. The molecule has 0 radical (unpaired) electrons. The fraction of sp³-hybridized carbons (Fsp3) is 0.615. The highest BCUT2D eigenvalue weighted by Crippen LogP contribution is 2.19. The summed E-state index contributed by atoms with van der Waals surface area (Å²) in [4.78, 5) is 6.90. The minimum atomic E-state index is -0.118. The van der Waals surface area contributed by atoms with E-state index in [1.54, 1.807) is 0 Å². The molecule has 1 aromatic heterocycles. The van der Waals surface area contributed by atoms with Crippen molar-refractivity contribution in [1.82, 2.24) is 4.98 Å². The van der Waals surface area contributed by atoms with E-state index in [1.165, 1.54) is 5.56 Å². The topological polar surface area (TPSA) is 36.4 Å². The molecular weight excluding hydrogens is 200 g/mol. The van der Waals surface area contributed by atoms with E-state index in [2.05, 4.69) is 35.9 Å². The van der Waals surface area contributed by atoms with Crippen LogP contribution in [0.3, 0.4) is 0 Å². The van der Waals surface area contributed by atoms with Crippen LogP contribution in [0.5, 0.6) is 0 Å². The molecule has 1 aromatic rings. The third kappa shape index (κ3) is 2.35. The SMILES string of the molecule is CCc1ccc(N2CCC(O)CC2)nc1C. The highest BCUT2D eigenvalue weighted by molar-refractivity contribution is 5.42. The van der Waals surface area contributed by atoms with Crippen molar-refractivity contribution in [2.75, 3.05) is 18.0 Å². The Balaban J connectivity index is 2.12. The summed E-state index contributed by atoms with van der Waals surface area (Å²) in [6, 6.07) is 4.27. The Bertz CT molecular complexity index is 357. The molecule has 0 bridgehead atoms. The zero-order valence-corrected chi connectivity index (χ0v) is 10.1. The van der Waals surface area contributed by atoms with Crippen molar-refractivity contribution in [3.05, 3.63) is 23.4 Å². The van der Waals surface area contributed by atoms with Crippen molar-refractivity contribution in [2.24, 2.45) is 0 Å². The minimum Gasteiger partial charge on any atom is -0.393 e. The molecule has 88 valence electrons. The summed E-state index contributed by atoms with van der Waals surface area (Å²) in [6.45, 7) is 6.06. The number of aliphatic hydroxyl groups is 1. The van der Waals surface area contributed by atoms with Gasteiger partial charge in [-0.05, 0) is 37.8 Å². The second-order valence-electron chi connectivity index (χ2n) is 4.49. The average molecular weight is 220 g/mol. The molecule has 0 aromatic carbocycles. The first-order chi connectivity index (χ1) is 7.70. The van der Waals surface area contributed by atoms with Gasteiger partial charge in [0.25, 0.3) is 0 Å². The van der Waals surface area contributed by atoms with Gasteiger partial charge in [-0.2, -0.15) is 0 Å². The maximum atomic E-state index is 9.46. The number of rotatable bonds is 2. The van der Waals surface area contributed by atoms with Crippen molar-refractivity contribution < 1.29 is 5.11 Å². The van der Waals surface area contributed by atoms with E-state index in [0.717, 1.165) is 43.9 Å². The van der Waals surface area contributed by atoms with Crippen LogP contribution in [0.4, 0.5) is 5.82 Å². The van der Waals surface area contributed by atoms with Gasteiger partial charge in [0.05, 0.1) is 6.10 Å². The number of nitrogens with zero attached hydrogens (tertiary/aromatic N) is 2. The molecule has 16 heavy (non-hydrogen) atoms. The van der Waals surface area contributed by atoms with E-state index in [1.807, 2.05) is 0 Å². The molecule has 2 rings (SSSR count). The second kappa shape index (κ2) is 4.83. The smallest absolute Gasteiger partial charge is 0.128 e. The van der Waals surface area contributed by atoms with Gasteiger partial charge in [-0.3, -0.25) is 0 Å². The Morgan fingerprint density at radius 2 is 2.06 bits per heavy atom. The van der Waals surface area contributed by atoms with Crippen LogP contribution in [0.2, 0.25) is 0 Å². The van der Waals surface area contributed by atoms with Crippen LogP contribution < -0.4 is 4.90 Å². The molecule has 0 atom stereocenters. The first-order valence-electron chi connectivity index (χ1n) is 6.10. The molecule has 0 unspecified atom stereocenters. The number of hydrogen-bond donors (Lipinski definition) is 1. The van der Waals surface area contributed by atoms with Gasteiger partial charge in [0.1, 0.15) is 5.82 Å². The molecule has 3 nitrogen and oxygen atoms in total. The van der Waals surface area contributed by atoms with Gasteiger partial charge in [0.15, 0.2) is 0 Å². The Kier molecular flexibility index (Phi) is 3.44. The van der Waals surface area contributed by atoms with Crippen LogP contribution in [0.15, 0.2) is 12.1 Å². The van der Waals surface area contributed by atoms with Gasteiger partial charge in [0.2, 0.25) is 0 Å². The quantitative estimate of drug-likeness (QED) is 0.827. The van der Waals surface area contributed by atoms with Gasteiger partial charge in [-0.1, -0.05) is 13.0 Å². The standard InChI is InChI=1S/C13H20N2O/c1-3-11-4-5-13(14-10(11)2)15-8-6-12(16)7-9-15/h4-5,12,16H,3,6-9H2,1-2H3. The van der Waals surface area contributed by atoms with E-state index >= 15 is 0 Å². The second-order valence-corrected chi connectivity index (χ2v) is 4.49. The summed E-state index contributed by atoms with van der Waals surface area (Å²) in [5.74, 6) is 1.06. The lowest BCUT2D eigenvalue weighted by molar-refractivity contribution is 0.145. The maximum Gasteiger partial charge on any atom is 0.128 e. The summed E-state index contributed by atoms with van der Waals surface area (Å²) in [7, 11) is 0. The van der Waals surface area contributed by atoms with Crippen molar-refractivity contribution in [3.8, 4) is 0 Å². The highest BCUT2D eigenvalue weighted by Gasteiger charge is 2.18. The zero-order chi connectivity index (χ0) is 11.5. The summed E-state index contributed by atoms with van der Waals surface area (Å²) in [6.07, 6.45) is 2.64. The number of hydrogen-bond acceptors (Lipinski definition) is 3. The van der Waals surface area contributed by atoms with Crippen LogP contribution in [0.1, 0.15) is 31.0 Å². The predicted molar refractivity (Wildman–Crippen MR) is 65.8 cm³/mol. The molecule has 2 heterocycles. The van der Waals surface area contributed by atoms with Gasteiger partial charge < -0.3 is 10.0 Å². The number of anilines is 1. The van der Waals surface area contributed by atoms with E-state index in [9.17, 15) is 5.11 Å². The van der Waals surface area contributed by atoms with Crippen LogP contribution in [0, 0.1) is 6.92 Å². The van der Waals surface area contributed by atoms with Crippen molar-refractivity contribution in [2.45, 2.75) is 39.2 Å². The van der Waals surface area contributed by atoms with Crippen LogP contribution >= 0.6 is 0 Å². The summed E-state index contributed by atoms with van der Waals surface area (Å²) in [5, 5.41) is 9.46. The number of aliphatic hydroxyl groups excluding tert-OH is 1.